The van der Waals surface area contributed by atoms with Gasteiger partial charge in [-0.2, -0.15) is 0 Å². The van der Waals surface area contributed by atoms with E-state index in [1.165, 1.54) is 24.7 Å². The predicted octanol–water partition coefficient (Wildman–Crippen LogP) is 1.67. The minimum atomic E-state index is -0.835. The SMILES string of the molecule is COC(=O)[C@@H]1CCc2c(C(C)=O)cc(C(=O)OC(C)(C)C)c(=O)n21. The Labute approximate surface area is 139 Å². The van der Waals surface area contributed by atoms with Crippen LogP contribution in [0.25, 0.3) is 0 Å². The predicted molar refractivity (Wildman–Crippen MR) is 85.2 cm³/mol. The monoisotopic (exact) mass is 335 g/mol. The first-order valence-corrected chi connectivity index (χ1v) is 7.67. The molecule has 0 saturated heterocycles. The fourth-order valence-electron chi connectivity index (χ4n) is 2.80. The second-order valence-corrected chi connectivity index (χ2v) is 6.73. The number of aromatic nitrogens is 1. The molecular formula is C17H21NO6. The van der Waals surface area contributed by atoms with Gasteiger partial charge in [0.15, 0.2) is 5.78 Å². The Morgan fingerprint density at radius 1 is 1.21 bits per heavy atom. The Hall–Kier alpha value is -2.44. The topological polar surface area (TPSA) is 91.7 Å². The molecular weight excluding hydrogens is 314 g/mol. The van der Waals surface area contributed by atoms with Crippen molar-refractivity contribution in [3.05, 3.63) is 33.2 Å². The number of carbonyl (C=O) groups is 3. The van der Waals surface area contributed by atoms with Crippen LogP contribution in [0.5, 0.6) is 0 Å². The fraction of sp³-hybridized carbons (Fsp3) is 0.529. The van der Waals surface area contributed by atoms with Crippen molar-refractivity contribution in [2.75, 3.05) is 7.11 Å². The Morgan fingerprint density at radius 2 is 1.83 bits per heavy atom. The maximum atomic E-state index is 12.7. The van der Waals surface area contributed by atoms with Gasteiger partial charge in [-0.25, -0.2) is 9.59 Å². The highest BCUT2D eigenvalue weighted by Gasteiger charge is 2.35. The Balaban J connectivity index is 2.66. The van der Waals surface area contributed by atoms with E-state index in [-0.39, 0.29) is 16.9 Å². The second kappa shape index (κ2) is 6.22. The van der Waals surface area contributed by atoms with Crippen molar-refractivity contribution < 1.29 is 23.9 Å². The van der Waals surface area contributed by atoms with Crippen molar-refractivity contribution in [2.45, 2.75) is 52.2 Å². The number of methoxy groups -OCH3 is 1. The quantitative estimate of drug-likeness (QED) is 0.616. The van der Waals surface area contributed by atoms with E-state index in [0.717, 1.165) is 0 Å². The lowest BCUT2D eigenvalue weighted by Crippen LogP contribution is -2.35. The Morgan fingerprint density at radius 3 is 2.33 bits per heavy atom. The molecule has 7 heteroatoms. The fourth-order valence-corrected chi connectivity index (χ4v) is 2.80. The summed E-state index contributed by atoms with van der Waals surface area (Å²) in [6.45, 7) is 6.39. The summed E-state index contributed by atoms with van der Waals surface area (Å²) in [5.41, 5.74) is -0.977. The molecule has 1 atom stereocenters. The maximum Gasteiger partial charge on any atom is 0.344 e. The highest BCUT2D eigenvalue weighted by Crippen LogP contribution is 2.28. The third kappa shape index (κ3) is 3.25. The molecule has 0 N–H and O–H groups in total. The van der Waals surface area contributed by atoms with Crippen LogP contribution in [-0.4, -0.2) is 35.0 Å². The lowest BCUT2D eigenvalue weighted by atomic mass is 10.1. The lowest BCUT2D eigenvalue weighted by Gasteiger charge is -2.20. The second-order valence-electron chi connectivity index (χ2n) is 6.73. The maximum absolute atomic E-state index is 12.7. The van der Waals surface area contributed by atoms with Crippen molar-refractivity contribution in [2.24, 2.45) is 0 Å². The molecule has 0 bridgehead atoms. The molecule has 2 rings (SSSR count). The van der Waals surface area contributed by atoms with E-state index in [1.54, 1.807) is 20.8 Å². The summed E-state index contributed by atoms with van der Waals surface area (Å²) in [7, 11) is 1.23. The number of esters is 2. The van der Waals surface area contributed by atoms with Gasteiger partial charge < -0.3 is 9.47 Å². The average Bonchev–Trinajstić information content (AvgIpc) is 2.89. The van der Waals surface area contributed by atoms with E-state index in [1.807, 2.05) is 0 Å². The van der Waals surface area contributed by atoms with Crippen molar-refractivity contribution >= 4 is 17.7 Å². The van der Waals surface area contributed by atoms with E-state index in [2.05, 4.69) is 0 Å². The van der Waals surface area contributed by atoms with Gasteiger partial charge >= 0.3 is 11.9 Å². The van der Waals surface area contributed by atoms with Crippen LogP contribution < -0.4 is 5.56 Å². The largest absolute Gasteiger partial charge is 0.467 e. The van der Waals surface area contributed by atoms with E-state index < -0.39 is 29.1 Å². The van der Waals surface area contributed by atoms with Crippen LogP contribution in [0.15, 0.2) is 10.9 Å². The van der Waals surface area contributed by atoms with Gasteiger partial charge in [0, 0.05) is 11.3 Å². The molecule has 1 aromatic heterocycles. The van der Waals surface area contributed by atoms with Crippen LogP contribution in [0.3, 0.4) is 0 Å². The number of ether oxygens (including phenoxy) is 2. The van der Waals surface area contributed by atoms with Gasteiger partial charge in [-0.15, -0.1) is 0 Å². The van der Waals surface area contributed by atoms with Gasteiger partial charge in [0.05, 0.1) is 7.11 Å². The van der Waals surface area contributed by atoms with Crippen LogP contribution in [-0.2, 0) is 20.7 Å². The molecule has 0 unspecified atom stereocenters. The van der Waals surface area contributed by atoms with Gasteiger partial charge in [0.1, 0.15) is 17.2 Å². The number of hydrogen-bond donors (Lipinski definition) is 0. The van der Waals surface area contributed by atoms with Crippen molar-refractivity contribution in [3.8, 4) is 0 Å². The standard InChI is InChI=1S/C17H21NO6/c1-9(19)10-8-11(15(21)24-17(2,3)4)14(20)18-12(10)6-7-13(18)16(22)23-5/h8,13H,6-7H2,1-5H3/t13-/m0/s1. The van der Waals surface area contributed by atoms with Crippen LogP contribution in [0.4, 0.5) is 0 Å². The van der Waals surface area contributed by atoms with E-state index in [9.17, 15) is 19.2 Å². The first kappa shape index (κ1) is 17.9. The van der Waals surface area contributed by atoms with Crippen molar-refractivity contribution in [1.29, 1.82) is 0 Å². The molecule has 1 aliphatic heterocycles. The minimum Gasteiger partial charge on any atom is -0.467 e. The van der Waals surface area contributed by atoms with E-state index in [4.69, 9.17) is 9.47 Å². The number of rotatable bonds is 3. The molecule has 0 fully saturated rings. The van der Waals surface area contributed by atoms with Gasteiger partial charge in [0.2, 0.25) is 0 Å². The zero-order valence-electron chi connectivity index (χ0n) is 14.5. The minimum absolute atomic E-state index is 0.252. The Kier molecular flexibility index (Phi) is 4.64. The number of hydrogen-bond acceptors (Lipinski definition) is 6. The molecule has 24 heavy (non-hydrogen) atoms. The zero-order valence-corrected chi connectivity index (χ0v) is 14.5. The summed E-state index contributed by atoms with van der Waals surface area (Å²) in [5, 5.41) is 0. The Bertz CT molecular complexity index is 769. The number of fused-ring (bicyclic) bond motifs is 1. The van der Waals surface area contributed by atoms with Gasteiger partial charge in [0.25, 0.3) is 5.56 Å². The van der Waals surface area contributed by atoms with Gasteiger partial charge in [-0.05, 0) is 46.6 Å². The molecule has 2 heterocycles. The van der Waals surface area contributed by atoms with Crippen LogP contribution in [0, 0.1) is 0 Å². The third-order valence-corrected chi connectivity index (χ3v) is 3.78. The molecule has 130 valence electrons. The number of pyridine rings is 1. The normalized spacial score (nSPS) is 16.5. The summed E-state index contributed by atoms with van der Waals surface area (Å²) < 4.78 is 11.2. The first-order chi connectivity index (χ1) is 11.1. The molecule has 0 aromatic carbocycles. The first-order valence-electron chi connectivity index (χ1n) is 7.67. The highest BCUT2D eigenvalue weighted by molar-refractivity contribution is 5.99. The summed E-state index contributed by atoms with van der Waals surface area (Å²) >= 11 is 0. The smallest absolute Gasteiger partial charge is 0.344 e. The average molecular weight is 335 g/mol. The highest BCUT2D eigenvalue weighted by atomic mass is 16.6. The number of ketones is 1. The summed E-state index contributed by atoms with van der Waals surface area (Å²) in [6, 6.07) is 0.433. The summed E-state index contributed by atoms with van der Waals surface area (Å²) in [5.74, 6) is -1.68. The van der Waals surface area contributed by atoms with Gasteiger partial charge in [-0.1, -0.05) is 0 Å². The molecule has 1 aromatic rings. The lowest BCUT2D eigenvalue weighted by molar-refractivity contribution is -0.144. The summed E-state index contributed by atoms with van der Waals surface area (Å²) in [4.78, 5) is 49.0. The van der Waals surface area contributed by atoms with Crippen LogP contribution in [0.2, 0.25) is 0 Å². The van der Waals surface area contributed by atoms with E-state index >= 15 is 0 Å². The zero-order chi connectivity index (χ0) is 18.2. The number of Topliss-reactive ketones (excluding diaryl/α,β-unsaturated/α-hetero) is 1. The van der Waals surface area contributed by atoms with E-state index in [0.29, 0.717) is 18.5 Å². The molecule has 1 aliphatic rings. The third-order valence-electron chi connectivity index (χ3n) is 3.78. The summed E-state index contributed by atoms with van der Waals surface area (Å²) in [6.07, 6.45) is 0.735. The molecule has 7 nitrogen and oxygen atoms in total. The number of nitrogens with zero attached hydrogens (tertiary/aromatic N) is 1. The molecule has 0 radical (unpaired) electrons. The molecule has 0 spiro atoms. The van der Waals surface area contributed by atoms with Gasteiger partial charge in [-0.3, -0.25) is 14.2 Å². The van der Waals surface area contributed by atoms with Crippen LogP contribution >= 0.6 is 0 Å². The van der Waals surface area contributed by atoms with Crippen LogP contribution in [0.1, 0.15) is 66.6 Å². The number of carbonyl (C=O) groups excluding carboxylic acids is 3. The molecule has 0 aliphatic carbocycles. The van der Waals surface area contributed by atoms with Crippen molar-refractivity contribution in [1.82, 2.24) is 4.57 Å². The molecule has 0 saturated carbocycles. The molecule has 0 amide bonds. The van der Waals surface area contributed by atoms with Crippen molar-refractivity contribution in [3.63, 3.8) is 0 Å².